The molecule has 2 aromatic carbocycles. The highest BCUT2D eigenvalue weighted by Gasteiger charge is 2.19. The lowest BCUT2D eigenvalue weighted by Crippen LogP contribution is -2.14. The van der Waals surface area contributed by atoms with Crippen molar-refractivity contribution in [3.05, 3.63) is 64.4 Å². The zero-order valence-corrected chi connectivity index (χ0v) is 14.8. The topological polar surface area (TPSA) is 69.0 Å². The second kappa shape index (κ2) is 6.94. The van der Waals surface area contributed by atoms with Crippen molar-refractivity contribution < 1.29 is 9.53 Å². The number of carbonyl (C=O) groups is 1. The van der Waals surface area contributed by atoms with E-state index in [1.165, 1.54) is 0 Å². The van der Waals surface area contributed by atoms with Gasteiger partial charge in [-0.1, -0.05) is 28.9 Å². The van der Waals surface area contributed by atoms with Crippen LogP contribution in [0.2, 0.25) is 5.02 Å². The number of aromatic nitrogens is 3. The average molecular weight is 357 g/mol. The number of amides is 1. The second-order valence-corrected chi connectivity index (χ2v) is 6.01. The van der Waals surface area contributed by atoms with Gasteiger partial charge in [0.05, 0.1) is 12.8 Å². The number of hydrogen-bond donors (Lipinski definition) is 1. The molecule has 0 saturated carbocycles. The summed E-state index contributed by atoms with van der Waals surface area (Å²) in [5.74, 6) is 0.304. The van der Waals surface area contributed by atoms with Crippen LogP contribution >= 0.6 is 11.6 Å². The van der Waals surface area contributed by atoms with Gasteiger partial charge in [0.2, 0.25) is 0 Å². The van der Waals surface area contributed by atoms with Crippen LogP contribution in [-0.4, -0.2) is 28.0 Å². The third kappa shape index (κ3) is 3.49. The van der Waals surface area contributed by atoms with E-state index >= 15 is 0 Å². The Bertz CT molecular complexity index is 937. The molecule has 0 radical (unpaired) electrons. The van der Waals surface area contributed by atoms with Crippen LogP contribution in [0.3, 0.4) is 0 Å². The Morgan fingerprint density at radius 3 is 2.72 bits per heavy atom. The molecule has 1 N–H and O–H groups in total. The summed E-state index contributed by atoms with van der Waals surface area (Å²) in [6.45, 7) is 3.76. The van der Waals surface area contributed by atoms with Gasteiger partial charge in [-0.15, -0.1) is 5.10 Å². The fraction of sp³-hybridized carbons (Fsp3) is 0.167. The average Bonchev–Trinajstić information content (AvgIpc) is 2.96. The number of anilines is 1. The summed E-state index contributed by atoms with van der Waals surface area (Å²) < 4.78 is 6.98. The van der Waals surface area contributed by atoms with Crippen LogP contribution in [0.15, 0.2) is 42.5 Å². The molecule has 0 spiro atoms. The number of aryl methyl sites for hydroxylation is 1. The van der Waals surface area contributed by atoms with E-state index in [4.69, 9.17) is 16.3 Å². The molecule has 0 aliphatic heterocycles. The number of rotatable bonds is 4. The lowest BCUT2D eigenvalue weighted by molar-refractivity contribution is 0.102. The Balaban J connectivity index is 1.94. The van der Waals surface area contributed by atoms with Gasteiger partial charge in [0.25, 0.3) is 5.91 Å². The third-order valence-electron chi connectivity index (χ3n) is 3.75. The number of benzene rings is 2. The Kier molecular flexibility index (Phi) is 4.72. The molecular formula is C18H17ClN4O2. The fourth-order valence-electron chi connectivity index (χ4n) is 2.49. The van der Waals surface area contributed by atoms with E-state index in [-0.39, 0.29) is 11.6 Å². The number of carbonyl (C=O) groups excluding carboxylic acids is 1. The summed E-state index contributed by atoms with van der Waals surface area (Å²) in [6, 6.07) is 12.7. The minimum absolute atomic E-state index is 0.239. The molecule has 1 aromatic heterocycles. The Morgan fingerprint density at radius 2 is 2.00 bits per heavy atom. The van der Waals surface area contributed by atoms with Crippen LogP contribution < -0.4 is 10.1 Å². The first kappa shape index (κ1) is 17.0. The molecule has 0 aliphatic carbocycles. The lowest BCUT2D eigenvalue weighted by Gasteiger charge is -2.10. The molecule has 3 aromatic rings. The quantitative estimate of drug-likeness (QED) is 0.772. The normalized spacial score (nSPS) is 10.6. The van der Waals surface area contributed by atoms with E-state index < -0.39 is 0 Å². The molecule has 0 aliphatic rings. The van der Waals surface area contributed by atoms with E-state index in [1.807, 2.05) is 25.1 Å². The van der Waals surface area contributed by atoms with Gasteiger partial charge in [-0.25, -0.2) is 4.68 Å². The molecule has 0 saturated heterocycles. The first-order chi connectivity index (χ1) is 12.0. The van der Waals surface area contributed by atoms with E-state index in [0.717, 1.165) is 11.3 Å². The minimum Gasteiger partial charge on any atom is -0.494 e. The predicted molar refractivity (Wildman–Crippen MR) is 96.8 cm³/mol. The lowest BCUT2D eigenvalue weighted by atomic mass is 10.2. The molecule has 0 atom stereocenters. The van der Waals surface area contributed by atoms with Gasteiger partial charge in [0, 0.05) is 10.7 Å². The first-order valence-electron chi connectivity index (χ1n) is 7.64. The Morgan fingerprint density at radius 1 is 1.20 bits per heavy atom. The van der Waals surface area contributed by atoms with Crippen molar-refractivity contribution in [2.45, 2.75) is 13.8 Å². The fourth-order valence-corrected chi connectivity index (χ4v) is 2.68. The maximum atomic E-state index is 12.5. The zero-order chi connectivity index (χ0) is 18.0. The largest absolute Gasteiger partial charge is 0.494 e. The minimum atomic E-state index is -0.349. The maximum Gasteiger partial charge on any atom is 0.278 e. The molecule has 0 bridgehead atoms. The summed E-state index contributed by atoms with van der Waals surface area (Å²) in [6.07, 6.45) is 0. The van der Waals surface area contributed by atoms with Crippen LogP contribution in [0.4, 0.5) is 5.69 Å². The van der Waals surface area contributed by atoms with Crippen molar-refractivity contribution in [3.8, 4) is 11.4 Å². The van der Waals surface area contributed by atoms with Crippen molar-refractivity contribution in [2.75, 3.05) is 12.4 Å². The van der Waals surface area contributed by atoms with Crippen LogP contribution in [0, 0.1) is 13.8 Å². The van der Waals surface area contributed by atoms with Crippen LogP contribution in [0.25, 0.3) is 5.69 Å². The highest BCUT2D eigenvalue weighted by Crippen LogP contribution is 2.25. The Labute approximate surface area is 150 Å². The van der Waals surface area contributed by atoms with Crippen molar-refractivity contribution >= 4 is 23.2 Å². The summed E-state index contributed by atoms with van der Waals surface area (Å²) in [4.78, 5) is 12.5. The summed E-state index contributed by atoms with van der Waals surface area (Å²) in [7, 11) is 1.59. The predicted octanol–water partition coefficient (Wildman–Crippen LogP) is 3.80. The van der Waals surface area contributed by atoms with Crippen molar-refractivity contribution in [1.82, 2.24) is 15.0 Å². The highest BCUT2D eigenvalue weighted by atomic mass is 35.5. The van der Waals surface area contributed by atoms with E-state index in [9.17, 15) is 4.79 Å². The molecule has 3 rings (SSSR count). The van der Waals surface area contributed by atoms with Crippen molar-refractivity contribution in [1.29, 1.82) is 0 Å². The van der Waals surface area contributed by atoms with Crippen LogP contribution in [0.5, 0.6) is 5.75 Å². The van der Waals surface area contributed by atoms with Crippen molar-refractivity contribution in [2.24, 2.45) is 0 Å². The van der Waals surface area contributed by atoms with Crippen LogP contribution in [0.1, 0.15) is 21.7 Å². The molecule has 7 heteroatoms. The summed E-state index contributed by atoms with van der Waals surface area (Å²) in [5.41, 5.74) is 3.23. The first-order valence-corrected chi connectivity index (χ1v) is 8.01. The number of hydrogen-bond acceptors (Lipinski definition) is 4. The standard InChI is InChI=1S/C18H17ClN4O2/c1-11-7-8-16(25-3)15(9-11)23-12(2)17(21-22-23)18(24)20-14-6-4-5-13(19)10-14/h4-10H,1-3H3,(H,20,24). The monoisotopic (exact) mass is 356 g/mol. The molecular weight excluding hydrogens is 340 g/mol. The SMILES string of the molecule is COc1ccc(C)cc1-n1nnc(C(=O)Nc2cccc(Cl)c2)c1C. The van der Waals surface area contributed by atoms with Gasteiger partial charge in [0.15, 0.2) is 5.69 Å². The highest BCUT2D eigenvalue weighted by molar-refractivity contribution is 6.30. The number of methoxy groups -OCH3 is 1. The van der Waals surface area contributed by atoms with Crippen LogP contribution in [-0.2, 0) is 0 Å². The van der Waals surface area contributed by atoms with E-state index in [1.54, 1.807) is 43.0 Å². The van der Waals surface area contributed by atoms with E-state index in [2.05, 4.69) is 15.6 Å². The van der Waals surface area contributed by atoms with Crippen molar-refractivity contribution in [3.63, 3.8) is 0 Å². The smallest absolute Gasteiger partial charge is 0.278 e. The van der Waals surface area contributed by atoms with Gasteiger partial charge in [-0.3, -0.25) is 4.79 Å². The van der Waals surface area contributed by atoms with Gasteiger partial charge in [-0.2, -0.15) is 0 Å². The van der Waals surface area contributed by atoms with Gasteiger partial charge in [-0.05, 0) is 49.7 Å². The van der Waals surface area contributed by atoms with E-state index in [0.29, 0.717) is 22.2 Å². The molecule has 6 nitrogen and oxygen atoms in total. The number of nitrogens with one attached hydrogen (secondary N) is 1. The summed E-state index contributed by atoms with van der Waals surface area (Å²) >= 11 is 5.94. The molecule has 1 heterocycles. The number of ether oxygens (including phenoxy) is 1. The second-order valence-electron chi connectivity index (χ2n) is 5.58. The molecule has 0 unspecified atom stereocenters. The van der Waals surface area contributed by atoms with Gasteiger partial charge in [0.1, 0.15) is 11.4 Å². The van der Waals surface area contributed by atoms with Gasteiger partial charge >= 0.3 is 0 Å². The molecule has 0 fully saturated rings. The number of nitrogens with zero attached hydrogens (tertiary/aromatic N) is 3. The maximum absolute atomic E-state index is 12.5. The molecule has 1 amide bonds. The molecule has 25 heavy (non-hydrogen) atoms. The zero-order valence-electron chi connectivity index (χ0n) is 14.1. The summed E-state index contributed by atoms with van der Waals surface area (Å²) in [5, 5.41) is 11.5. The molecule has 128 valence electrons. The Hall–Kier alpha value is -2.86. The number of halogens is 1. The third-order valence-corrected chi connectivity index (χ3v) is 3.99. The van der Waals surface area contributed by atoms with Gasteiger partial charge < -0.3 is 10.1 Å².